The smallest absolute Gasteiger partial charge is 0.328 e. The van der Waals surface area contributed by atoms with Gasteiger partial charge in [0, 0.05) is 24.1 Å². The van der Waals surface area contributed by atoms with Gasteiger partial charge in [-0.05, 0) is 48.9 Å². The SMILES string of the molecule is COc1cccc2c1CC[C@H]1CNC(CCn3c(=O)[nH]c4c(sc5nc(-c6ccccc6)cnc54)c3=O)[C@@H]21.Cl. The fraction of sp³-hybridized carbons (Fsp3) is 0.310. The van der Waals surface area contributed by atoms with Gasteiger partial charge in [-0.1, -0.05) is 42.5 Å². The minimum absolute atomic E-state index is 0. The summed E-state index contributed by atoms with van der Waals surface area (Å²) < 4.78 is 7.45. The van der Waals surface area contributed by atoms with Crippen molar-refractivity contribution in [2.75, 3.05) is 13.7 Å². The van der Waals surface area contributed by atoms with Crippen molar-refractivity contribution < 1.29 is 4.74 Å². The lowest BCUT2D eigenvalue weighted by Crippen LogP contribution is -2.37. The van der Waals surface area contributed by atoms with Crippen LogP contribution < -0.4 is 21.3 Å². The second-order valence-corrected chi connectivity index (χ2v) is 11.1. The Morgan fingerprint density at radius 1 is 1.13 bits per heavy atom. The minimum atomic E-state index is -0.406. The highest BCUT2D eigenvalue weighted by Gasteiger charge is 2.40. The number of H-pyrrole nitrogens is 1. The Hall–Kier alpha value is -3.53. The summed E-state index contributed by atoms with van der Waals surface area (Å²) in [5.41, 5.74) is 4.65. The third kappa shape index (κ3) is 4.25. The summed E-state index contributed by atoms with van der Waals surface area (Å²) in [5, 5.41) is 3.68. The fourth-order valence-electron chi connectivity index (χ4n) is 6.35. The first-order chi connectivity index (χ1) is 18.6. The zero-order valence-electron chi connectivity index (χ0n) is 21.3. The van der Waals surface area contributed by atoms with Gasteiger partial charge in [0.1, 0.15) is 20.8 Å². The number of aromatic amines is 1. The number of rotatable bonds is 5. The van der Waals surface area contributed by atoms with Crippen LogP contribution in [0.15, 0.2) is 64.3 Å². The summed E-state index contributed by atoms with van der Waals surface area (Å²) >= 11 is 1.28. The number of ether oxygens (including phenoxy) is 1. The van der Waals surface area contributed by atoms with Gasteiger partial charge < -0.3 is 15.0 Å². The van der Waals surface area contributed by atoms with Crippen LogP contribution in [-0.4, -0.2) is 39.2 Å². The number of fused-ring (bicyclic) bond motifs is 6. The van der Waals surface area contributed by atoms with Crippen LogP contribution in [0.3, 0.4) is 0 Å². The number of nitrogens with one attached hydrogen (secondary N) is 2. The van der Waals surface area contributed by atoms with E-state index in [-0.39, 0.29) is 24.0 Å². The van der Waals surface area contributed by atoms with Gasteiger partial charge in [0.25, 0.3) is 5.56 Å². The molecule has 8 nitrogen and oxygen atoms in total. The highest BCUT2D eigenvalue weighted by Crippen LogP contribution is 2.45. The van der Waals surface area contributed by atoms with Gasteiger partial charge in [-0.3, -0.25) is 9.36 Å². The maximum absolute atomic E-state index is 13.5. The van der Waals surface area contributed by atoms with Crippen LogP contribution in [0.2, 0.25) is 0 Å². The number of halogens is 1. The quantitative estimate of drug-likeness (QED) is 0.328. The highest BCUT2D eigenvalue weighted by atomic mass is 35.5. The van der Waals surface area contributed by atoms with E-state index in [0.29, 0.717) is 45.4 Å². The molecule has 1 aliphatic heterocycles. The molecule has 1 fully saturated rings. The third-order valence-corrected chi connectivity index (χ3v) is 9.21. The van der Waals surface area contributed by atoms with Gasteiger partial charge in [-0.25, -0.2) is 14.8 Å². The van der Waals surface area contributed by atoms with Gasteiger partial charge >= 0.3 is 5.69 Å². The number of thiophene rings is 1. The molecule has 5 aromatic rings. The number of hydrogen-bond acceptors (Lipinski definition) is 7. The largest absolute Gasteiger partial charge is 0.496 e. The van der Waals surface area contributed by atoms with Crippen LogP contribution in [0.1, 0.15) is 29.9 Å². The normalized spacial score (nSPS) is 20.0. The molecule has 1 saturated heterocycles. The Kier molecular flexibility index (Phi) is 6.74. The van der Waals surface area contributed by atoms with E-state index >= 15 is 0 Å². The van der Waals surface area contributed by atoms with Crippen molar-refractivity contribution in [3.63, 3.8) is 0 Å². The summed E-state index contributed by atoms with van der Waals surface area (Å²) in [4.78, 5) is 39.4. The molecule has 4 heterocycles. The number of benzene rings is 2. The van der Waals surface area contributed by atoms with Crippen molar-refractivity contribution in [3.05, 3.63) is 86.7 Å². The molecule has 2 N–H and O–H groups in total. The first-order valence-corrected chi connectivity index (χ1v) is 13.8. The molecule has 0 spiro atoms. The summed E-state index contributed by atoms with van der Waals surface area (Å²) in [7, 11) is 1.72. The fourth-order valence-corrected chi connectivity index (χ4v) is 7.38. The zero-order valence-corrected chi connectivity index (χ0v) is 23.0. The van der Waals surface area contributed by atoms with Gasteiger partial charge in [0.15, 0.2) is 0 Å². The van der Waals surface area contributed by atoms with E-state index in [1.165, 1.54) is 27.0 Å². The second-order valence-electron chi connectivity index (χ2n) is 10.1. The van der Waals surface area contributed by atoms with Crippen molar-refractivity contribution in [3.8, 4) is 17.0 Å². The van der Waals surface area contributed by atoms with Crippen LogP contribution in [0.4, 0.5) is 0 Å². The average Bonchev–Trinajstić information content (AvgIpc) is 3.54. The topological polar surface area (TPSA) is 102 Å². The van der Waals surface area contributed by atoms with E-state index in [9.17, 15) is 9.59 Å². The summed E-state index contributed by atoms with van der Waals surface area (Å²) in [6.45, 7) is 1.29. The number of aromatic nitrogens is 4. The molecule has 3 aromatic heterocycles. The maximum Gasteiger partial charge on any atom is 0.328 e. The van der Waals surface area contributed by atoms with E-state index < -0.39 is 5.69 Å². The molecular weight excluding hydrogens is 534 g/mol. The van der Waals surface area contributed by atoms with Gasteiger partial charge in [0.2, 0.25) is 0 Å². The summed E-state index contributed by atoms with van der Waals surface area (Å²) in [6.07, 6.45) is 4.50. The van der Waals surface area contributed by atoms with E-state index in [4.69, 9.17) is 9.72 Å². The first kappa shape index (κ1) is 25.7. The lowest BCUT2D eigenvalue weighted by molar-refractivity contribution is 0.371. The predicted molar refractivity (Wildman–Crippen MR) is 156 cm³/mol. The van der Waals surface area contributed by atoms with Crippen molar-refractivity contribution in [1.29, 1.82) is 0 Å². The zero-order chi connectivity index (χ0) is 25.8. The van der Waals surface area contributed by atoms with Crippen molar-refractivity contribution in [1.82, 2.24) is 24.8 Å². The Balaban J connectivity index is 0.00000277. The molecule has 7 rings (SSSR count). The van der Waals surface area contributed by atoms with E-state index in [1.54, 1.807) is 13.3 Å². The van der Waals surface area contributed by atoms with Crippen molar-refractivity contribution in [2.24, 2.45) is 5.92 Å². The summed E-state index contributed by atoms with van der Waals surface area (Å²) in [6, 6.07) is 16.3. The molecule has 0 bridgehead atoms. The van der Waals surface area contributed by atoms with E-state index in [0.717, 1.165) is 36.4 Å². The molecule has 3 atom stereocenters. The molecule has 0 radical (unpaired) electrons. The predicted octanol–water partition coefficient (Wildman–Crippen LogP) is 4.50. The molecule has 39 heavy (non-hydrogen) atoms. The molecule has 0 amide bonds. The van der Waals surface area contributed by atoms with Crippen molar-refractivity contribution in [2.45, 2.75) is 37.8 Å². The molecule has 0 saturated carbocycles. The van der Waals surface area contributed by atoms with Crippen LogP contribution in [0.25, 0.3) is 31.8 Å². The van der Waals surface area contributed by atoms with Crippen LogP contribution >= 0.6 is 23.7 Å². The highest BCUT2D eigenvalue weighted by molar-refractivity contribution is 7.25. The van der Waals surface area contributed by atoms with E-state index in [1.807, 2.05) is 36.4 Å². The molecule has 1 aliphatic carbocycles. The number of nitrogens with zero attached hydrogens (tertiary/aromatic N) is 3. The van der Waals surface area contributed by atoms with Crippen LogP contribution in [-0.2, 0) is 13.0 Å². The molecule has 200 valence electrons. The van der Waals surface area contributed by atoms with Gasteiger partial charge in [-0.2, -0.15) is 0 Å². The molecule has 2 aromatic carbocycles. The third-order valence-electron chi connectivity index (χ3n) is 8.15. The van der Waals surface area contributed by atoms with Crippen LogP contribution in [0.5, 0.6) is 5.75 Å². The molecular formula is C29H28ClN5O3S. The molecule has 2 aliphatic rings. The maximum atomic E-state index is 13.5. The average molecular weight is 562 g/mol. The Morgan fingerprint density at radius 3 is 2.79 bits per heavy atom. The lowest BCUT2D eigenvalue weighted by Gasteiger charge is -2.32. The van der Waals surface area contributed by atoms with Crippen LogP contribution in [0, 0.1) is 5.92 Å². The second kappa shape index (κ2) is 10.2. The Morgan fingerprint density at radius 2 is 1.97 bits per heavy atom. The monoisotopic (exact) mass is 561 g/mol. The standard InChI is InChI=1S/C29H27N5O3S.ClH/c1-37-22-9-5-8-19-18(22)11-10-17-14-30-20(23(17)19)12-13-34-28(35)26-24(33-29(34)36)25-27(38-26)32-21(15-31-25)16-6-3-2-4-7-16;/h2-9,15,17,20,23,30H,10-14H2,1H3,(H,33,36);1H/t17-,20?,23+;/m0./s1. The summed E-state index contributed by atoms with van der Waals surface area (Å²) in [5.74, 6) is 1.85. The van der Waals surface area contributed by atoms with Gasteiger partial charge in [0.05, 0.1) is 24.5 Å². The Labute approximate surface area is 234 Å². The Bertz CT molecular complexity index is 1800. The lowest BCUT2D eigenvalue weighted by atomic mass is 9.73. The van der Waals surface area contributed by atoms with Gasteiger partial charge in [-0.15, -0.1) is 23.7 Å². The molecule has 1 unspecified atom stereocenters. The number of hydrogen-bond donors (Lipinski definition) is 2. The number of methoxy groups -OCH3 is 1. The first-order valence-electron chi connectivity index (χ1n) is 13.0. The molecule has 10 heteroatoms. The van der Waals surface area contributed by atoms with Crippen molar-refractivity contribution >= 4 is 44.3 Å². The minimum Gasteiger partial charge on any atom is -0.496 e. The van der Waals surface area contributed by atoms with E-state index in [2.05, 4.69) is 27.4 Å².